The van der Waals surface area contributed by atoms with Gasteiger partial charge in [0, 0.05) is 11.8 Å². The van der Waals surface area contributed by atoms with Gasteiger partial charge >= 0.3 is 6.03 Å². The van der Waals surface area contributed by atoms with E-state index in [4.69, 9.17) is 0 Å². The number of imide groups is 1. The molecule has 0 spiro atoms. The molecule has 0 bridgehead atoms. The highest BCUT2D eigenvalue weighted by molar-refractivity contribution is 7.99. The number of thioether (sulfide) groups is 1. The van der Waals surface area contributed by atoms with Crippen LogP contribution in [0.15, 0.2) is 24.3 Å². The van der Waals surface area contributed by atoms with Crippen LogP contribution >= 0.6 is 11.8 Å². The summed E-state index contributed by atoms with van der Waals surface area (Å²) in [5.74, 6) is 0.495. The van der Waals surface area contributed by atoms with E-state index >= 15 is 0 Å². The smallest absolute Gasteiger partial charge is 0.321 e. The molecule has 1 atom stereocenters. The Morgan fingerprint density at radius 2 is 1.85 bits per heavy atom. The lowest BCUT2D eigenvalue weighted by atomic mass is 10.1. The molecule has 0 saturated heterocycles. The lowest BCUT2D eigenvalue weighted by Crippen LogP contribution is -2.45. The van der Waals surface area contributed by atoms with E-state index in [2.05, 4.69) is 29.7 Å². The highest BCUT2D eigenvalue weighted by Crippen LogP contribution is 2.20. The maximum atomic E-state index is 11.8. The number of aryl methyl sites for hydroxylation is 1. The van der Waals surface area contributed by atoms with Crippen LogP contribution in [0.2, 0.25) is 0 Å². The molecule has 0 radical (unpaired) electrons. The van der Waals surface area contributed by atoms with Gasteiger partial charge in [0.1, 0.15) is 0 Å². The van der Waals surface area contributed by atoms with Gasteiger partial charge in [-0.25, -0.2) is 4.79 Å². The number of urea groups is 1. The largest absolute Gasteiger partial charge is 0.336 e. The fraction of sp³-hybridized carbons (Fsp3) is 0.467. The summed E-state index contributed by atoms with van der Waals surface area (Å²) in [6, 6.07) is 7.67. The van der Waals surface area contributed by atoms with Crippen LogP contribution in [0.3, 0.4) is 0 Å². The fourth-order valence-electron chi connectivity index (χ4n) is 1.57. The van der Waals surface area contributed by atoms with Gasteiger partial charge in [0.05, 0.1) is 5.25 Å². The Labute approximate surface area is 124 Å². The highest BCUT2D eigenvalue weighted by Gasteiger charge is 2.16. The molecule has 0 aromatic heterocycles. The Morgan fingerprint density at radius 1 is 1.20 bits per heavy atom. The lowest BCUT2D eigenvalue weighted by Gasteiger charge is -2.14. The SMILES string of the molecule is Cc1ccccc1CS[C@@H](C)C(=O)NC(=O)NC(C)C. The Hall–Kier alpha value is -1.49. The number of carbonyl (C=O) groups excluding carboxylic acids is 2. The summed E-state index contributed by atoms with van der Waals surface area (Å²) in [6.45, 7) is 7.55. The van der Waals surface area contributed by atoms with Gasteiger partial charge in [-0.1, -0.05) is 24.3 Å². The molecule has 0 aliphatic carbocycles. The van der Waals surface area contributed by atoms with Gasteiger partial charge in [0.15, 0.2) is 0 Å². The van der Waals surface area contributed by atoms with E-state index in [1.807, 2.05) is 26.0 Å². The number of benzene rings is 1. The van der Waals surface area contributed by atoms with Gasteiger partial charge < -0.3 is 5.32 Å². The van der Waals surface area contributed by atoms with Crippen molar-refractivity contribution in [2.45, 2.75) is 44.7 Å². The molecule has 0 aliphatic rings. The van der Waals surface area contributed by atoms with Crippen LogP contribution in [-0.2, 0) is 10.5 Å². The predicted octanol–water partition coefficient (Wildman–Crippen LogP) is 2.85. The minimum atomic E-state index is -0.437. The zero-order chi connectivity index (χ0) is 15.1. The van der Waals surface area contributed by atoms with E-state index in [0.717, 1.165) is 5.75 Å². The van der Waals surface area contributed by atoms with Gasteiger partial charge in [0.2, 0.25) is 5.91 Å². The minimum absolute atomic E-state index is 0.0118. The summed E-state index contributed by atoms with van der Waals surface area (Å²) in [5.41, 5.74) is 2.42. The highest BCUT2D eigenvalue weighted by atomic mass is 32.2. The number of nitrogens with one attached hydrogen (secondary N) is 2. The molecule has 0 fully saturated rings. The van der Waals surface area contributed by atoms with Gasteiger partial charge in [-0.05, 0) is 38.8 Å². The van der Waals surface area contributed by atoms with Crippen molar-refractivity contribution in [3.05, 3.63) is 35.4 Å². The van der Waals surface area contributed by atoms with E-state index in [9.17, 15) is 9.59 Å². The predicted molar refractivity (Wildman–Crippen MR) is 83.7 cm³/mol. The van der Waals surface area contributed by atoms with E-state index in [-0.39, 0.29) is 17.2 Å². The first-order valence-corrected chi connectivity index (χ1v) is 7.72. The van der Waals surface area contributed by atoms with Crippen molar-refractivity contribution in [1.82, 2.24) is 10.6 Å². The second-order valence-corrected chi connectivity index (χ2v) is 6.33. The average molecular weight is 294 g/mol. The Bertz CT molecular complexity index is 475. The molecular formula is C15H22N2O2S. The van der Waals surface area contributed by atoms with E-state index < -0.39 is 6.03 Å². The van der Waals surface area contributed by atoms with Crippen molar-refractivity contribution in [1.29, 1.82) is 0 Å². The van der Waals surface area contributed by atoms with Crippen LogP contribution in [0.25, 0.3) is 0 Å². The molecule has 5 heteroatoms. The Kier molecular flexibility index (Phi) is 6.58. The molecular weight excluding hydrogens is 272 g/mol. The van der Waals surface area contributed by atoms with Crippen LogP contribution in [0.5, 0.6) is 0 Å². The van der Waals surface area contributed by atoms with Gasteiger partial charge in [-0.15, -0.1) is 11.8 Å². The molecule has 0 saturated carbocycles. The van der Waals surface area contributed by atoms with Crippen molar-refractivity contribution in [3.8, 4) is 0 Å². The third-order valence-electron chi connectivity index (χ3n) is 2.78. The zero-order valence-electron chi connectivity index (χ0n) is 12.4. The summed E-state index contributed by atoms with van der Waals surface area (Å²) in [5, 5.41) is 4.71. The number of carbonyl (C=O) groups is 2. The molecule has 0 aliphatic heterocycles. The zero-order valence-corrected chi connectivity index (χ0v) is 13.2. The molecule has 20 heavy (non-hydrogen) atoms. The summed E-state index contributed by atoms with van der Waals surface area (Å²) in [7, 11) is 0. The molecule has 2 N–H and O–H groups in total. The van der Waals surface area contributed by atoms with Gasteiger partial charge in [-0.2, -0.15) is 0 Å². The van der Waals surface area contributed by atoms with E-state index in [0.29, 0.717) is 0 Å². The van der Waals surface area contributed by atoms with Crippen LogP contribution < -0.4 is 10.6 Å². The molecule has 3 amide bonds. The summed E-state index contributed by atoms with van der Waals surface area (Å²) in [4.78, 5) is 23.3. The Balaban J connectivity index is 2.42. The minimum Gasteiger partial charge on any atom is -0.336 e. The molecule has 4 nitrogen and oxygen atoms in total. The monoisotopic (exact) mass is 294 g/mol. The fourth-order valence-corrected chi connectivity index (χ4v) is 2.54. The molecule has 110 valence electrons. The third kappa shape index (κ3) is 5.65. The summed E-state index contributed by atoms with van der Waals surface area (Å²) < 4.78 is 0. The van der Waals surface area contributed by atoms with Crippen molar-refractivity contribution in [2.24, 2.45) is 0 Å². The van der Waals surface area contributed by atoms with Crippen molar-refractivity contribution in [3.63, 3.8) is 0 Å². The first-order chi connectivity index (χ1) is 9.40. The van der Waals surface area contributed by atoms with E-state index in [1.165, 1.54) is 22.9 Å². The maximum absolute atomic E-state index is 11.8. The molecule has 1 rings (SSSR count). The number of amides is 3. The van der Waals surface area contributed by atoms with Crippen LogP contribution in [0.4, 0.5) is 4.79 Å². The molecule has 1 aromatic rings. The van der Waals surface area contributed by atoms with Crippen LogP contribution in [0, 0.1) is 6.92 Å². The second-order valence-electron chi connectivity index (χ2n) is 5.00. The van der Waals surface area contributed by atoms with Crippen molar-refractivity contribution < 1.29 is 9.59 Å². The Morgan fingerprint density at radius 3 is 2.45 bits per heavy atom. The number of hydrogen-bond donors (Lipinski definition) is 2. The maximum Gasteiger partial charge on any atom is 0.321 e. The molecule has 0 heterocycles. The first-order valence-electron chi connectivity index (χ1n) is 6.67. The quantitative estimate of drug-likeness (QED) is 0.878. The second kappa shape index (κ2) is 7.94. The van der Waals surface area contributed by atoms with Crippen molar-refractivity contribution >= 4 is 23.7 Å². The van der Waals surface area contributed by atoms with Crippen molar-refractivity contribution in [2.75, 3.05) is 0 Å². The number of hydrogen-bond acceptors (Lipinski definition) is 3. The summed E-state index contributed by atoms with van der Waals surface area (Å²) in [6.07, 6.45) is 0. The first kappa shape index (κ1) is 16.6. The third-order valence-corrected chi connectivity index (χ3v) is 3.97. The standard InChI is InChI=1S/C15H22N2O2S/c1-10(2)16-15(19)17-14(18)12(4)20-9-13-8-6-5-7-11(13)3/h5-8,10,12H,9H2,1-4H3,(H2,16,17,18,19)/t12-/m0/s1. The topological polar surface area (TPSA) is 58.2 Å². The normalized spacial score (nSPS) is 12.1. The average Bonchev–Trinajstić information content (AvgIpc) is 2.36. The van der Waals surface area contributed by atoms with Gasteiger partial charge in [-0.3, -0.25) is 10.1 Å². The van der Waals surface area contributed by atoms with Gasteiger partial charge in [0.25, 0.3) is 0 Å². The summed E-state index contributed by atoms with van der Waals surface area (Å²) >= 11 is 1.52. The number of rotatable bonds is 5. The van der Waals surface area contributed by atoms with E-state index in [1.54, 1.807) is 6.92 Å². The van der Waals surface area contributed by atoms with Crippen LogP contribution in [0.1, 0.15) is 31.9 Å². The molecule has 0 unspecified atom stereocenters. The van der Waals surface area contributed by atoms with Crippen LogP contribution in [-0.4, -0.2) is 23.2 Å². The lowest BCUT2D eigenvalue weighted by molar-refractivity contribution is -0.119. The molecule has 1 aromatic carbocycles.